The zero-order chi connectivity index (χ0) is 11.4. The van der Waals surface area contributed by atoms with Gasteiger partial charge in [-0.15, -0.1) is 0 Å². The molecule has 0 saturated carbocycles. The molecule has 0 radical (unpaired) electrons. The molecule has 0 spiro atoms. The predicted molar refractivity (Wildman–Crippen MR) is 67.1 cm³/mol. The fraction of sp³-hybridized carbons (Fsp3) is 0.571. The van der Waals surface area contributed by atoms with Crippen LogP contribution in [0.25, 0.3) is 0 Å². The summed E-state index contributed by atoms with van der Waals surface area (Å²) in [6.45, 7) is 6.53. The van der Waals surface area contributed by atoms with Crippen molar-refractivity contribution in [3.63, 3.8) is 0 Å². The zero-order valence-corrected chi connectivity index (χ0v) is 10.2. The Hall–Kier alpha value is -1.02. The first-order valence-electron chi connectivity index (χ1n) is 6.23. The van der Waals surface area contributed by atoms with Gasteiger partial charge < -0.3 is 10.1 Å². The molecule has 16 heavy (non-hydrogen) atoms. The molecule has 1 aliphatic heterocycles. The van der Waals surface area contributed by atoms with E-state index >= 15 is 0 Å². The Balaban J connectivity index is 1.93. The molecule has 2 rings (SSSR count). The zero-order valence-electron chi connectivity index (χ0n) is 10.2. The summed E-state index contributed by atoms with van der Waals surface area (Å²) in [6.07, 6.45) is 2.73. The number of benzene rings is 1. The number of nitrogens with one attached hydrogen (secondary N) is 1. The molecular weight excluding hydrogens is 198 g/mol. The molecule has 0 aliphatic carbocycles. The van der Waals surface area contributed by atoms with E-state index in [1.54, 1.807) is 0 Å². The SMILES string of the molecule is CC(C)c1ccc(OC2CCCNC2)cc1. The van der Waals surface area contributed by atoms with Crippen molar-refractivity contribution in [3.05, 3.63) is 29.8 Å². The molecule has 1 saturated heterocycles. The highest BCUT2D eigenvalue weighted by molar-refractivity contribution is 5.29. The van der Waals surface area contributed by atoms with Crippen LogP contribution in [-0.4, -0.2) is 19.2 Å². The topological polar surface area (TPSA) is 21.3 Å². The average molecular weight is 219 g/mol. The van der Waals surface area contributed by atoms with E-state index < -0.39 is 0 Å². The summed E-state index contributed by atoms with van der Waals surface area (Å²) >= 11 is 0. The first-order chi connectivity index (χ1) is 7.75. The van der Waals surface area contributed by atoms with Gasteiger partial charge in [-0.05, 0) is 43.0 Å². The van der Waals surface area contributed by atoms with Crippen molar-refractivity contribution in [2.24, 2.45) is 0 Å². The van der Waals surface area contributed by atoms with Crippen LogP contribution in [-0.2, 0) is 0 Å². The number of hydrogen-bond donors (Lipinski definition) is 1. The van der Waals surface area contributed by atoms with Gasteiger partial charge in [-0.1, -0.05) is 26.0 Å². The first-order valence-corrected chi connectivity index (χ1v) is 6.23. The maximum absolute atomic E-state index is 5.93. The molecule has 88 valence electrons. The Morgan fingerprint density at radius 2 is 2.00 bits per heavy atom. The second-order valence-electron chi connectivity index (χ2n) is 4.81. The molecule has 0 bridgehead atoms. The highest BCUT2D eigenvalue weighted by atomic mass is 16.5. The van der Waals surface area contributed by atoms with E-state index in [9.17, 15) is 0 Å². The van der Waals surface area contributed by atoms with Crippen molar-refractivity contribution in [2.45, 2.75) is 38.7 Å². The van der Waals surface area contributed by atoms with Crippen LogP contribution in [0.5, 0.6) is 5.75 Å². The Bertz CT molecular complexity index is 312. The fourth-order valence-electron chi connectivity index (χ4n) is 2.04. The van der Waals surface area contributed by atoms with Gasteiger partial charge in [0.15, 0.2) is 0 Å². The minimum absolute atomic E-state index is 0.346. The standard InChI is InChI=1S/C14H21NO/c1-11(2)12-5-7-13(8-6-12)16-14-4-3-9-15-10-14/h5-8,11,14-15H,3-4,9-10H2,1-2H3. The van der Waals surface area contributed by atoms with Gasteiger partial charge in [-0.3, -0.25) is 0 Å². The minimum atomic E-state index is 0.346. The van der Waals surface area contributed by atoms with E-state index in [1.165, 1.54) is 18.4 Å². The maximum atomic E-state index is 5.93. The van der Waals surface area contributed by atoms with E-state index in [0.29, 0.717) is 12.0 Å². The molecule has 1 heterocycles. The third kappa shape index (κ3) is 2.99. The van der Waals surface area contributed by atoms with Crippen molar-refractivity contribution in [2.75, 3.05) is 13.1 Å². The monoisotopic (exact) mass is 219 g/mol. The molecule has 0 amide bonds. The minimum Gasteiger partial charge on any atom is -0.489 e. The number of rotatable bonds is 3. The van der Waals surface area contributed by atoms with Crippen molar-refractivity contribution in [1.82, 2.24) is 5.32 Å². The second kappa shape index (κ2) is 5.35. The van der Waals surface area contributed by atoms with Crippen LogP contribution in [0.1, 0.15) is 38.2 Å². The molecule has 1 fully saturated rings. The molecule has 0 aromatic heterocycles. The number of piperidine rings is 1. The van der Waals surface area contributed by atoms with Gasteiger partial charge in [0.2, 0.25) is 0 Å². The Labute approximate surface area is 98.0 Å². The molecule has 2 nitrogen and oxygen atoms in total. The van der Waals surface area contributed by atoms with Gasteiger partial charge in [0.25, 0.3) is 0 Å². The molecule has 2 heteroatoms. The van der Waals surface area contributed by atoms with Crippen LogP contribution in [0.4, 0.5) is 0 Å². The van der Waals surface area contributed by atoms with Gasteiger partial charge in [0, 0.05) is 6.54 Å². The summed E-state index contributed by atoms with van der Waals surface area (Å²) in [4.78, 5) is 0. The van der Waals surface area contributed by atoms with Gasteiger partial charge in [-0.25, -0.2) is 0 Å². The number of ether oxygens (including phenoxy) is 1. The van der Waals surface area contributed by atoms with Crippen LogP contribution in [0.3, 0.4) is 0 Å². The summed E-state index contributed by atoms with van der Waals surface area (Å²) < 4.78 is 5.93. The first kappa shape index (κ1) is 11.5. The third-order valence-corrected chi connectivity index (χ3v) is 3.10. The lowest BCUT2D eigenvalue weighted by Gasteiger charge is -2.24. The average Bonchev–Trinajstić information content (AvgIpc) is 2.31. The highest BCUT2D eigenvalue weighted by Gasteiger charge is 2.14. The van der Waals surface area contributed by atoms with E-state index in [0.717, 1.165) is 18.8 Å². The van der Waals surface area contributed by atoms with Crippen LogP contribution >= 0.6 is 0 Å². The summed E-state index contributed by atoms with van der Waals surface area (Å²) in [6, 6.07) is 8.50. The molecule has 1 aromatic carbocycles. The lowest BCUT2D eigenvalue weighted by molar-refractivity contribution is 0.167. The normalized spacial score (nSPS) is 21.1. The van der Waals surface area contributed by atoms with Crippen molar-refractivity contribution < 1.29 is 4.74 Å². The third-order valence-electron chi connectivity index (χ3n) is 3.10. The summed E-state index contributed by atoms with van der Waals surface area (Å²) in [5.74, 6) is 1.59. The maximum Gasteiger partial charge on any atom is 0.119 e. The largest absolute Gasteiger partial charge is 0.489 e. The molecule has 1 aromatic rings. The van der Waals surface area contributed by atoms with Crippen molar-refractivity contribution in [3.8, 4) is 5.75 Å². The lowest BCUT2D eigenvalue weighted by Crippen LogP contribution is -2.37. The molecular formula is C14H21NO. The number of hydrogen-bond acceptors (Lipinski definition) is 2. The lowest BCUT2D eigenvalue weighted by atomic mass is 10.0. The van der Waals surface area contributed by atoms with Crippen LogP contribution in [0.15, 0.2) is 24.3 Å². The summed E-state index contributed by atoms with van der Waals surface area (Å²) in [5, 5.41) is 3.36. The predicted octanol–water partition coefficient (Wildman–Crippen LogP) is 2.94. The molecule has 1 atom stereocenters. The molecule has 1 aliphatic rings. The van der Waals surface area contributed by atoms with E-state index in [4.69, 9.17) is 4.74 Å². The molecule has 1 unspecified atom stereocenters. The highest BCUT2D eigenvalue weighted by Crippen LogP contribution is 2.20. The van der Waals surface area contributed by atoms with Crippen LogP contribution in [0, 0.1) is 0 Å². The Morgan fingerprint density at radius 3 is 2.56 bits per heavy atom. The van der Waals surface area contributed by atoms with E-state index in [2.05, 4.69) is 43.4 Å². The van der Waals surface area contributed by atoms with Crippen molar-refractivity contribution in [1.29, 1.82) is 0 Å². The quantitative estimate of drug-likeness (QED) is 0.844. The van der Waals surface area contributed by atoms with Crippen LogP contribution < -0.4 is 10.1 Å². The van der Waals surface area contributed by atoms with Gasteiger partial charge in [0.05, 0.1) is 0 Å². The fourth-order valence-corrected chi connectivity index (χ4v) is 2.04. The van der Waals surface area contributed by atoms with Gasteiger partial charge in [0.1, 0.15) is 11.9 Å². The smallest absolute Gasteiger partial charge is 0.119 e. The second-order valence-corrected chi connectivity index (χ2v) is 4.81. The van der Waals surface area contributed by atoms with E-state index in [-0.39, 0.29) is 0 Å². The summed E-state index contributed by atoms with van der Waals surface area (Å²) in [7, 11) is 0. The summed E-state index contributed by atoms with van der Waals surface area (Å²) in [5.41, 5.74) is 1.37. The Morgan fingerprint density at radius 1 is 1.25 bits per heavy atom. The van der Waals surface area contributed by atoms with Gasteiger partial charge in [-0.2, -0.15) is 0 Å². The van der Waals surface area contributed by atoms with E-state index in [1.807, 2.05) is 0 Å². The van der Waals surface area contributed by atoms with Crippen molar-refractivity contribution >= 4 is 0 Å². The van der Waals surface area contributed by atoms with Gasteiger partial charge >= 0.3 is 0 Å². The molecule has 1 N–H and O–H groups in total. The Kier molecular flexibility index (Phi) is 3.83. The van der Waals surface area contributed by atoms with Crippen LogP contribution in [0.2, 0.25) is 0 Å².